The minimum absolute atomic E-state index is 0.219. The Morgan fingerprint density at radius 1 is 0.667 bits per heavy atom. The van der Waals surface area contributed by atoms with Crippen LogP contribution in [-0.2, 0) is 0 Å². The highest BCUT2D eigenvalue weighted by atomic mass is 32.1. The highest BCUT2D eigenvalue weighted by Crippen LogP contribution is 2.44. The summed E-state index contributed by atoms with van der Waals surface area (Å²) in [5.74, 6) is 0.219. The Labute approximate surface area is 162 Å². The van der Waals surface area contributed by atoms with Gasteiger partial charge in [0, 0.05) is 48.9 Å². The highest BCUT2D eigenvalue weighted by Gasteiger charge is 2.27. The zero-order valence-corrected chi connectivity index (χ0v) is 16.6. The molecule has 5 aromatic rings. The second kappa shape index (κ2) is 6.14. The minimum atomic E-state index is 0.219. The molecular formula is C24H22N2S. The fraction of sp³-hybridized carbons (Fsp3) is 0.167. The molecule has 0 saturated heterocycles. The van der Waals surface area contributed by atoms with Crippen molar-refractivity contribution < 1.29 is 0 Å². The van der Waals surface area contributed by atoms with E-state index in [1.54, 1.807) is 0 Å². The number of nitrogens with one attached hydrogen (secondary N) is 2. The van der Waals surface area contributed by atoms with E-state index in [9.17, 15) is 0 Å². The number of hydrogen-bond acceptors (Lipinski definition) is 1. The second-order valence-corrected chi connectivity index (χ2v) is 8.62. The van der Waals surface area contributed by atoms with Gasteiger partial charge in [0.15, 0.2) is 0 Å². The normalized spacial score (nSPS) is 11.9. The van der Waals surface area contributed by atoms with Gasteiger partial charge in [0.2, 0.25) is 0 Å². The van der Waals surface area contributed by atoms with Crippen molar-refractivity contribution in [3.63, 3.8) is 0 Å². The molecule has 0 unspecified atom stereocenters. The predicted molar refractivity (Wildman–Crippen MR) is 116 cm³/mol. The Bertz CT molecular complexity index is 1190. The first-order valence-electron chi connectivity index (χ1n) is 9.34. The van der Waals surface area contributed by atoms with E-state index in [0.717, 1.165) is 0 Å². The quantitative estimate of drug-likeness (QED) is 0.349. The molecule has 2 N–H and O–H groups in total. The Morgan fingerprint density at radius 2 is 1.19 bits per heavy atom. The highest BCUT2D eigenvalue weighted by molar-refractivity contribution is 7.12. The fourth-order valence-electron chi connectivity index (χ4n) is 4.38. The summed E-state index contributed by atoms with van der Waals surface area (Å²) in [5, 5.41) is 2.63. The van der Waals surface area contributed by atoms with Crippen LogP contribution in [0.2, 0.25) is 0 Å². The molecule has 3 heteroatoms. The average Bonchev–Trinajstić information content (AvgIpc) is 3.32. The van der Waals surface area contributed by atoms with Crippen molar-refractivity contribution in [2.45, 2.75) is 26.7 Å². The molecule has 0 bridgehead atoms. The van der Waals surface area contributed by atoms with Crippen LogP contribution in [0, 0.1) is 20.8 Å². The summed E-state index contributed by atoms with van der Waals surface area (Å²) in [5.41, 5.74) is 7.69. The summed E-state index contributed by atoms with van der Waals surface area (Å²) < 4.78 is 0. The Balaban J connectivity index is 1.87. The van der Waals surface area contributed by atoms with Crippen molar-refractivity contribution >= 4 is 33.1 Å². The number of para-hydroxylation sites is 2. The molecule has 2 nitrogen and oxygen atoms in total. The summed E-state index contributed by atoms with van der Waals surface area (Å²) in [6.45, 7) is 6.59. The molecule has 134 valence electrons. The number of fused-ring (bicyclic) bond motifs is 2. The number of rotatable bonds is 3. The number of aromatic amines is 2. The Morgan fingerprint density at radius 3 is 1.67 bits per heavy atom. The lowest BCUT2D eigenvalue weighted by atomic mass is 9.86. The van der Waals surface area contributed by atoms with Gasteiger partial charge < -0.3 is 9.97 Å². The fourth-order valence-corrected chi connectivity index (χ4v) is 5.38. The molecule has 0 aliphatic carbocycles. The molecule has 0 amide bonds. The largest absolute Gasteiger partial charge is 0.358 e. The number of H-pyrrole nitrogens is 2. The number of thiophene rings is 1. The van der Waals surface area contributed by atoms with Crippen LogP contribution in [0.3, 0.4) is 0 Å². The summed E-state index contributed by atoms with van der Waals surface area (Å²) >= 11 is 1.90. The van der Waals surface area contributed by atoms with Gasteiger partial charge in [0.1, 0.15) is 0 Å². The lowest BCUT2D eigenvalue weighted by Gasteiger charge is -2.18. The van der Waals surface area contributed by atoms with Crippen LogP contribution in [0.1, 0.15) is 38.2 Å². The van der Waals surface area contributed by atoms with Gasteiger partial charge in [-0.25, -0.2) is 0 Å². The van der Waals surface area contributed by atoms with Crippen LogP contribution in [0.25, 0.3) is 21.8 Å². The summed E-state index contributed by atoms with van der Waals surface area (Å²) in [7, 11) is 0. The standard InChI is InChI=1S/C24H22N2S/c1-14-12-13-21(27-14)24(22-15(2)25-19-10-6-4-8-17(19)22)23-16(3)26-20-11-7-5-9-18(20)23/h4-13,24-26H,1-3H3. The SMILES string of the molecule is Cc1ccc(C(c2c(C)[nH]c3ccccc23)c2c(C)[nH]c3ccccc23)s1. The molecule has 5 rings (SSSR count). The van der Waals surface area contributed by atoms with Gasteiger partial charge in [-0.3, -0.25) is 0 Å². The molecular weight excluding hydrogens is 348 g/mol. The zero-order chi connectivity index (χ0) is 18.5. The molecule has 3 aromatic heterocycles. The summed E-state index contributed by atoms with van der Waals surface area (Å²) in [6, 6.07) is 21.8. The average molecular weight is 371 g/mol. The van der Waals surface area contributed by atoms with Gasteiger partial charge in [-0.2, -0.15) is 0 Å². The van der Waals surface area contributed by atoms with E-state index < -0.39 is 0 Å². The van der Waals surface area contributed by atoms with E-state index in [1.807, 2.05) is 11.3 Å². The third kappa shape index (κ3) is 2.54. The van der Waals surface area contributed by atoms with Crippen LogP contribution in [0.5, 0.6) is 0 Å². The van der Waals surface area contributed by atoms with Crippen LogP contribution in [0.4, 0.5) is 0 Å². The smallest absolute Gasteiger partial charge is 0.0481 e. The van der Waals surface area contributed by atoms with E-state index in [-0.39, 0.29) is 5.92 Å². The van der Waals surface area contributed by atoms with Gasteiger partial charge in [-0.1, -0.05) is 36.4 Å². The first-order valence-corrected chi connectivity index (χ1v) is 10.2. The minimum Gasteiger partial charge on any atom is -0.358 e. The van der Waals surface area contributed by atoms with Crippen LogP contribution in [0.15, 0.2) is 60.7 Å². The van der Waals surface area contributed by atoms with Crippen molar-refractivity contribution in [3.05, 3.63) is 92.9 Å². The Kier molecular flexibility index (Phi) is 3.73. The number of hydrogen-bond donors (Lipinski definition) is 2. The van der Waals surface area contributed by atoms with Gasteiger partial charge in [0.25, 0.3) is 0 Å². The van der Waals surface area contributed by atoms with E-state index >= 15 is 0 Å². The van der Waals surface area contributed by atoms with Crippen molar-refractivity contribution in [2.24, 2.45) is 0 Å². The van der Waals surface area contributed by atoms with Gasteiger partial charge >= 0.3 is 0 Å². The third-order valence-electron chi connectivity index (χ3n) is 5.51. The maximum Gasteiger partial charge on any atom is 0.0481 e. The van der Waals surface area contributed by atoms with Crippen LogP contribution < -0.4 is 0 Å². The molecule has 0 aliphatic rings. The van der Waals surface area contributed by atoms with Crippen molar-refractivity contribution in [1.82, 2.24) is 9.97 Å². The summed E-state index contributed by atoms with van der Waals surface area (Å²) in [6.07, 6.45) is 0. The van der Waals surface area contributed by atoms with Crippen molar-refractivity contribution in [1.29, 1.82) is 0 Å². The maximum absolute atomic E-state index is 3.61. The van der Waals surface area contributed by atoms with E-state index in [2.05, 4.69) is 91.4 Å². The number of benzene rings is 2. The second-order valence-electron chi connectivity index (χ2n) is 7.30. The molecule has 0 atom stereocenters. The van der Waals surface area contributed by atoms with Crippen LogP contribution in [-0.4, -0.2) is 9.97 Å². The lowest BCUT2D eigenvalue weighted by Crippen LogP contribution is -2.04. The molecule has 2 aromatic carbocycles. The van der Waals surface area contributed by atoms with E-state index in [0.29, 0.717) is 0 Å². The van der Waals surface area contributed by atoms with E-state index in [1.165, 1.54) is 54.1 Å². The first-order chi connectivity index (χ1) is 13.1. The van der Waals surface area contributed by atoms with E-state index in [4.69, 9.17) is 0 Å². The number of aromatic nitrogens is 2. The molecule has 27 heavy (non-hydrogen) atoms. The van der Waals surface area contributed by atoms with Gasteiger partial charge in [-0.05, 0) is 56.2 Å². The van der Waals surface area contributed by atoms with Crippen molar-refractivity contribution in [2.75, 3.05) is 0 Å². The predicted octanol–water partition coefficient (Wildman–Crippen LogP) is 6.82. The maximum atomic E-state index is 3.61. The van der Waals surface area contributed by atoms with Crippen molar-refractivity contribution in [3.8, 4) is 0 Å². The monoisotopic (exact) mass is 370 g/mol. The molecule has 0 saturated carbocycles. The Hall–Kier alpha value is -2.78. The molecule has 3 heterocycles. The first kappa shape index (κ1) is 16.4. The lowest BCUT2D eigenvalue weighted by molar-refractivity contribution is 0.985. The molecule has 0 fully saturated rings. The topological polar surface area (TPSA) is 31.6 Å². The summed E-state index contributed by atoms with van der Waals surface area (Å²) in [4.78, 5) is 9.96. The zero-order valence-electron chi connectivity index (χ0n) is 15.8. The molecule has 0 aliphatic heterocycles. The molecule has 0 spiro atoms. The van der Waals surface area contributed by atoms with Crippen LogP contribution >= 0.6 is 11.3 Å². The van der Waals surface area contributed by atoms with Gasteiger partial charge in [-0.15, -0.1) is 11.3 Å². The molecule has 0 radical (unpaired) electrons. The third-order valence-corrected chi connectivity index (χ3v) is 6.58. The number of aryl methyl sites for hydroxylation is 3. The van der Waals surface area contributed by atoms with Gasteiger partial charge in [0.05, 0.1) is 0 Å².